The molecule has 1 aromatic heterocycles. The Morgan fingerprint density at radius 2 is 1.80 bits per heavy atom. The van der Waals surface area contributed by atoms with E-state index in [1.807, 2.05) is 47.7 Å². The minimum Gasteiger partial charge on any atom is -0.398 e. The van der Waals surface area contributed by atoms with Crippen molar-refractivity contribution in [1.82, 2.24) is 4.98 Å². The van der Waals surface area contributed by atoms with E-state index in [9.17, 15) is 0 Å². The van der Waals surface area contributed by atoms with Gasteiger partial charge in [0.1, 0.15) is 0 Å². The summed E-state index contributed by atoms with van der Waals surface area (Å²) in [5.41, 5.74) is 8.33. The minimum absolute atomic E-state index is 0.0831. The van der Waals surface area contributed by atoms with E-state index in [-0.39, 0.29) is 17.2 Å². The lowest BCUT2D eigenvalue weighted by molar-refractivity contribution is 0.00578. The Morgan fingerprint density at radius 3 is 2.30 bits per heavy atom. The van der Waals surface area contributed by atoms with Crippen LogP contribution in [0, 0.1) is 6.92 Å². The maximum absolute atomic E-state index is 6.09. The molecule has 2 heterocycles. The van der Waals surface area contributed by atoms with E-state index in [1.165, 1.54) is 0 Å². The number of nitrogens with zero attached hydrogens (tertiary/aromatic N) is 1. The van der Waals surface area contributed by atoms with E-state index in [0.29, 0.717) is 0 Å². The molecule has 20 heavy (non-hydrogen) atoms. The fraction of sp³-hybridized carbons (Fsp3) is 0.667. The van der Waals surface area contributed by atoms with Crippen LogP contribution < -0.4 is 11.3 Å². The van der Waals surface area contributed by atoms with Crippen molar-refractivity contribution in [2.24, 2.45) is 5.73 Å². The number of hydrogen-bond acceptors (Lipinski definition) is 4. The number of hydrogen-bond donors (Lipinski definition) is 1. The van der Waals surface area contributed by atoms with Crippen LogP contribution in [-0.4, -0.2) is 29.3 Å². The zero-order chi connectivity index (χ0) is 15.1. The summed E-state index contributed by atoms with van der Waals surface area (Å²) in [7, 11) is -0.422. The molecule has 0 amide bonds. The predicted molar refractivity (Wildman–Crippen MR) is 82.0 cm³/mol. The lowest BCUT2D eigenvalue weighted by Crippen LogP contribution is -2.41. The lowest BCUT2D eigenvalue weighted by Gasteiger charge is -2.32. The number of pyridine rings is 1. The van der Waals surface area contributed by atoms with Crippen molar-refractivity contribution in [1.29, 1.82) is 0 Å². The average molecular weight is 276 g/mol. The van der Waals surface area contributed by atoms with Crippen molar-refractivity contribution in [3.05, 3.63) is 23.4 Å². The molecule has 0 saturated carbocycles. The number of aromatic nitrogens is 1. The number of nitrogens with two attached hydrogens (primary N) is 1. The van der Waals surface area contributed by atoms with Crippen LogP contribution in [0.1, 0.15) is 45.7 Å². The Kier molecular flexibility index (Phi) is 3.97. The zero-order valence-corrected chi connectivity index (χ0v) is 13.4. The zero-order valence-electron chi connectivity index (χ0n) is 13.4. The maximum Gasteiger partial charge on any atom is 0.514 e. The fourth-order valence-corrected chi connectivity index (χ4v) is 2.32. The van der Waals surface area contributed by atoms with Gasteiger partial charge in [-0.15, -0.1) is 0 Å². The van der Waals surface area contributed by atoms with Crippen molar-refractivity contribution < 1.29 is 9.31 Å². The molecule has 1 saturated heterocycles. The van der Waals surface area contributed by atoms with Crippen LogP contribution in [0.25, 0.3) is 0 Å². The summed E-state index contributed by atoms with van der Waals surface area (Å²) in [6.07, 6.45) is 2.62. The van der Waals surface area contributed by atoms with Gasteiger partial charge >= 0.3 is 7.12 Å². The second-order valence-electron chi connectivity index (χ2n) is 6.83. The molecule has 2 N–H and O–H groups in total. The van der Waals surface area contributed by atoms with Gasteiger partial charge in [-0.05, 0) is 59.1 Å². The summed E-state index contributed by atoms with van der Waals surface area (Å²) in [6.45, 7) is 12.2. The second kappa shape index (κ2) is 5.13. The molecule has 1 aliphatic rings. The van der Waals surface area contributed by atoms with Gasteiger partial charge in [0.25, 0.3) is 0 Å². The highest BCUT2D eigenvalue weighted by Crippen LogP contribution is 2.36. The topological polar surface area (TPSA) is 57.4 Å². The summed E-state index contributed by atoms with van der Waals surface area (Å²) in [5.74, 6) is 0. The predicted octanol–water partition coefficient (Wildman–Crippen LogP) is 1.58. The van der Waals surface area contributed by atoms with Crippen LogP contribution in [-0.2, 0) is 15.7 Å². The first-order valence-corrected chi connectivity index (χ1v) is 7.19. The lowest BCUT2D eigenvalue weighted by atomic mass is 9.79. The van der Waals surface area contributed by atoms with Crippen molar-refractivity contribution in [2.45, 2.75) is 65.2 Å². The summed E-state index contributed by atoms with van der Waals surface area (Å²) < 4.78 is 12.2. The molecule has 0 spiro atoms. The van der Waals surface area contributed by atoms with Crippen molar-refractivity contribution in [3.63, 3.8) is 0 Å². The first-order valence-electron chi connectivity index (χ1n) is 7.19. The van der Waals surface area contributed by atoms with E-state index in [1.54, 1.807) is 0 Å². The monoisotopic (exact) mass is 276 g/mol. The summed E-state index contributed by atoms with van der Waals surface area (Å²) in [5, 5.41) is 0. The summed E-state index contributed by atoms with van der Waals surface area (Å²) in [6, 6.07) is 2.20. The van der Waals surface area contributed by atoms with Crippen LogP contribution in [0.5, 0.6) is 0 Å². The van der Waals surface area contributed by atoms with Crippen LogP contribution in [0.2, 0.25) is 0 Å². The van der Waals surface area contributed by atoms with E-state index >= 15 is 0 Å². The van der Waals surface area contributed by atoms with Crippen molar-refractivity contribution >= 4 is 12.7 Å². The van der Waals surface area contributed by atoms with E-state index in [2.05, 4.69) is 11.1 Å². The normalized spacial score (nSPS) is 22.1. The first-order chi connectivity index (χ1) is 9.12. The van der Waals surface area contributed by atoms with Gasteiger partial charge in [-0.1, -0.05) is 6.07 Å². The second-order valence-corrected chi connectivity index (χ2v) is 6.83. The molecule has 0 radical (unpaired) electrons. The molecule has 0 aliphatic carbocycles. The van der Waals surface area contributed by atoms with Crippen LogP contribution in [0.3, 0.4) is 0 Å². The van der Waals surface area contributed by atoms with E-state index in [0.717, 1.165) is 23.1 Å². The third-order valence-corrected chi connectivity index (χ3v) is 4.16. The van der Waals surface area contributed by atoms with Gasteiger partial charge in [-0.3, -0.25) is 4.98 Å². The molecule has 0 bridgehead atoms. The Balaban J connectivity index is 2.34. The standard InChI is InChI=1S/C15H25BN2O2/c1-10-7-12(8-11(2)17)13(18-9-10)16-19-14(3,4)15(5,6)20-16/h7,9,11H,8,17H2,1-6H3. The molecular weight excluding hydrogens is 251 g/mol. The molecule has 0 aromatic carbocycles. The van der Waals surface area contributed by atoms with Crippen LogP contribution >= 0.6 is 0 Å². The molecule has 1 unspecified atom stereocenters. The molecule has 5 heteroatoms. The average Bonchev–Trinajstić information content (AvgIpc) is 2.46. The fourth-order valence-electron chi connectivity index (χ4n) is 2.32. The molecule has 1 aromatic rings. The quantitative estimate of drug-likeness (QED) is 0.852. The molecule has 1 aliphatic heterocycles. The minimum atomic E-state index is -0.422. The van der Waals surface area contributed by atoms with Gasteiger partial charge in [0.2, 0.25) is 0 Å². The van der Waals surface area contributed by atoms with Crippen molar-refractivity contribution in [2.75, 3.05) is 0 Å². The SMILES string of the molecule is Cc1cnc(B2OC(C)(C)C(C)(C)O2)c(CC(C)N)c1. The highest BCUT2D eigenvalue weighted by Gasteiger charge is 2.52. The first kappa shape index (κ1) is 15.5. The number of rotatable bonds is 3. The van der Waals surface area contributed by atoms with Gasteiger partial charge in [0.15, 0.2) is 0 Å². The molecule has 2 rings (SSSR count). The maximum atomic E-state index is 6.09. The highest BCUT2D eigenvalue weighted by molar-refractivity contribution is 6.61. The van der Waals surface area contributed by atoms with Crippen LogP contribution in [0.15, 0.2) is 12.3 Å². The van der Waals surface area contributed by atoms with Gasteiger partial charge < -0.3 is 15.0 Å². The van der Waals surface area contributed by atoms with E-state index < -0.39 is 7.12 Å². The highest BCUT2D eigenvalue weighted by atomic mass is 16.7. The molecular formula is C15H25BN2O2. The van der Waals surface area contributed by atoms with Crippen molar-refractivity contribution in [3.8, 4) is 0 Å². The smallest absolute Gasteiger partial charge is 0.398 e. The largest absolute Gasteiger partial charge is 0.514 e. The Bertz CT molecular complexity index is 485. The van der Waals surface area contributed by atoms with Gasteiger partial charge in [0.05, 0.1) is 16.8 Å². The van der Waals surface area contributed by atoms with E-state index in [4.69, 9.17) is 15.0 Å². The Labute approximate surface area is 122 Å². The van der Waals surface area contributed by atoms with Gasteiger partial charge in [0, 0.05) is 12.2 Å². The Hall–Kier alpha value is -0.905. The van der Waals surface area contributed by atoms with Gasteiger partial charge in [-0.25, -0.2) is 0 Å². The third kappa shape index (κ3) is 2.90. The summed E-state index contributed by atoms with van der Waals surface area (Å²) in [4.78, 5) is 4.54. The molecule has 1 atom stereocenters. The molecule has 4 nitrogen and oxygen atoms in total. The summed E-state index contributed by atoms with van der Waals surface area (Å²) >= 11 is 0. The molecule has 1 fully saturated rings. The Morgan fingerprint density at radius 1 is 1.25 bits per heavy atom. The molecule has 110 valence electrons. The third-order valence-electron chi connectivity index (χ3n) is 4.16. The van der Waals surface area contributed by atoms with Gasteiger partial charge in [-0.2, -0.15) is 0 Å². The van der Waals surface area contributed by atoms with Crippen LogP contribution in [0.4, 0.5) is 0 Å². The number of aryl methyl sites for hydroxylation is 1.